The Bertz CT molecular complexity index is 316. The number of nitrogens with two attached hydrogens (primary N) is 1. The summed E-state index contributed by atoms with van der Waals surface area (Å²) >= 11 is 0. The van der Waals surface area contributed by atoms with Gasteiger partial charge in [0.05, 0.1) is 0 Å². The fraction of sp³-hybridized carbons (Fsp3) is 0.250. The van der Waals surface area contributed by atoms with Gasteiger partial charge < -0.3 is 10.5 Å². The molecule has 2 nitrogen and oxygen atoms in total. The first-order valence-electron chi connectivity index (χ1n) is 3.55. The quantitative estimate of drug-likeness (QED) is 0.647. The number of hydrogen-bond acceptors (Lipinski definition) is 2. The number of rotatable bonds is 1. The van der Waals surface area contributed by atoms with Crippen molar-refractivity contribution in [3.63, 3.8) is 0 Å². The van der Waals surface area contributed by atoms with Gasteiger partial charge in [0.25, 0.3) is 0 Å². The van der Waals surface area contributed by atoms with Gasteiger partial charge in [-0.05, 0) is 6.07 Å². The van der Waals surface area contributed by atoms with Gasteiger partial charge in [-0.2, -0.15) is 0 Å². The molecule has 1 aliphatic heterocycles. The minimum Gasteiger partial charge on any atom is -0.348 e. The Morgan fingerprint density at radius 2 is 2.00 bits per heavy atom. The average molecular weight is 171 g/mol. The summed E-state index contributed by atoms with van der Waals surface area (Å²) < 4.78 is 30.4. The first-order chi connectivity index (χ1) is 5.70. The molecule has 1 aromatic carbocycles. The molecule has 1 aliphatic rings. The van der Waals surface area contributed by atoms with Crippen LogP contribution in [-0.2, 0) is 4.74 Å². The standard InChI is InChI=1S/C8H7F2NO/c9-5-3-1-2-4(6(5)10)7-8(11)12-7/h1-3,7-8H,11H2/t7-,8+/m0/s1. The van der Waals surface area contributed by atoms with Crippen molar-refractivity contribution in [1.82, 2.24) is 0 Å². The molecule has 1 heterocycles. The lowest BCUT2D eigenvalue weighted by molar-refractivity contribution is 0.370. The molecule has 1 fully saturated rings. The highest BCUT2D eigenvalue weighted by molar-refractivity contribution is 5.24. The van der Waals surface area contributed by atoms with Gasteiger partial charge in [-0.15, -0.1) is 0 Å². The van der Waals surface area contributed by atoms with Crippen molar-refractivity contribution in [2.75, 3.05) is 0 Å². The van der Waals surface area contributed by atoms with Crippen molar-refractivity contribution < 1.29 is 13.5 Å². The maximum atomic E-state index is 13.0. The molecule has 0 aromatic heterocycles. The predicted octanol–water partition coefficient (Wildman–Crippen LogP) is 1.32. The van der Waals surface area contributed by atoms with Crippen LogP contribution < -0.4 is 5.73 Å². The summed E-state index contributed by atoms with van der Waals surface area (Å²) in [7, 11) is 0. The van der Waals surface area contributed by atoms with E-state index >= 15 is 0 Å². The van der Waals surface area contributed by atoms with E-state index in [9.17, 15) is 8.78 Å². The summed E-state index contributed by atoms with van der Waals surface area (Å²) in [5, 5.41) is 0. The molecule has 2 atom stereocenters. The van der Waals surface area contributed by atoms with Crippen LogP contribution in [0, 0.1) is 11.6 Å². The smallest absolute Gasteiger partial charge is 0.164 e. The van der Waals surface area contributed by atoms with Crippen LogP contribution in [0.4, 0.5) is 8.78 Å². The molecule has 0 bridgehead atoms. The SMILES string of the molecule is N[C@@H]1O[C@H]1c1cccc(F)c1F. The second-order valence-corrected chi connectivity index (χ2v) is 2.66. The van der Waals surface area contributed by atoms with Crippen LogP contribution >= 0.6 is 0 Å². The second-order valence-electron chi connectivity index (χ2n) is 2.66. The van der Waals surface area contributed by atoms with E-state index in [4.69, 9.17) is 10.5 Å². The van der Waals surface area contributed by atoms with Crippen molar-refractivity contribution in [1.29, 1.82) is 0 Å². The molecule has 0 radical (unpaired) electrons. The molecule has 0 saturated carbocycles. The molecule has 2 rings (SSSR count). The molecule has 4 heteroatoms. The van der Waals surface area contributed by atoms with Crippen molar-refractivity contribution in [3.05, 3.63) is 35.4 Å². The van der Waals surface area contributed by atoms with Crippen molar-refractivity contribution in [3.8, 4) is 0 Å². The van der Waals surface area contributed by atoms with E-state index in [-0.39, 0.29) is 5.56 Å². The molecule has 2 N–H and O–H groups in total. The topological polar surface area (TPSA) is 38.5 Å². The Balaban J connectivity index is 2.38. The van der Waals surface area contributed by atoms with Gasteiger partial charge in [-0.1, -0.05) is 12.1 Å². The van der Waals surface area contributed by atoms with Gasteiger partial charge in [0, 0.05) is 5.56 Å². The number of benzene rings is 1. The highest BCUT2D eigenvalue weighted by Gasteiger charge is 2.39. The summed E-state index contributed by atoms with van der Waals surface area (Å²) in [6.07, 6.45) is -0.956. The Hall–Kier alpha value is -1.00. The van der Waals surface area contributed by atoms with E-state index in [2.05, 4.69) is 0 Å². The summed E-state index contributed by atoms with van der Waals surface area (Å²) in [6, 6.07) is 3.96. The molecule has 1 aromatic rings. The maximum Gasteiger partial charge on any atom is 0.164 e. The van der Waals surface area contributed by atoms with Gasteiger partial charge in [0.1, 0.15) is 12.3 Å². The molecule has 0 spiro atoms. The Morgan fingerprint density at radius 3 is 2.58 bits per heavy atom. The predicted molar refractivity (Wildman–Crippen MR) is 38.2 cm³/mol. The molecule has 0 amide bonds. The fourth-order valence-electron chi connectivity index (χ4n) is 1.11. The van der Waals surface area contributed by atoms with E-state index in [1.54, 1.807) is 0 Å². The number of epoxide rings is 1. The van der Waals surface area contributed by atoms with Crippen LogP contribution in [0.25, 0.3) is 0 Å². The summed E-state index contributed by atoms with van der Waals surface area (Å²) in [4.78, 5) is 0. The third-order valence-corrected chi connectivity index (χ3v) is 1.81. The normalized spacial score (nSPS) is 27.2. The lowest BCUT2D eigenvalue weighted by Gasteiger charge is -1.98. The van der Waals surface area contributed by atoms with Crippen LogP contribution in [0.3, 0.4) is 0 Å². The summed E-state index contributed by atoms with van der Waals surface area (Å²) in [6.45, 7) is 0. The fourth-order valence-corrected chi connectivity index (χ4v) is 1.11. The van der Waals surface area contributed by atoms with Crippen molar-refractivity contribution >= 4 is 0 Å². The van der Waals surface area contributed by atoms with Gasteiger partial charge in [0.15, 0.2) is 11.6 Å². The summed E-state index contributed by atoms with van der Waals surface area (Å²) in [5.74, 6) is -1.73. The van der Waals surface area contributed by atoms with Crippen molar-refractivity contribution in [2.45, 2.75) is 12.3 Å². The highest BCUT2D eigenvalue weighted by Crippen LogP contribution is 2.36. The molecule has 0 unspecified atom stereocenters. The summed E-state index contributed by atoms with van der Waals surface area (Å²) in [5.41, 5.74) is 5.50. The Labute approximate surface area is 67.9 Å². The van der Waals surface area contributed by atoms with Crippen LogP contribution in [0.2, 0.25) is 0 Å². The number of ether oxygens (including phenoxy) is 1. The van der Waals surface area contributed by atoms with Gasteiger partial charge in [-0.3, -0.25) is 0 Å². The molecule has 0 aliphatic carbocycles. The Kier molecular flexibility index (Phi) is 1.59. The van der Waals surface area contributed by atoms with E-state index in [0.717, 1.165) is 6.07 Å². The molecular weight excluding hydrogens is 164 g/mol. The third kappa shape index (κ3) is 1.09. The van der Waals surface area contributed by atoms with Crippen LogP contribution in [0.1, 0.15) is 11.7 Å². The first kappa shape index (κ1) is 7.64. The van der Waals surface area contributed by atoms with Crippen LogP contribution in [-0.4, -0.2) is 6.23 Å². The van der Waals surface area contributed by atoms with E-state index in [0.29, 0.717) is 0 Å². The van der Waals surface area contributed by atoms with E-state index < -0.39 is 24.0 Å². The highest BCUT2D eigenvalue weighted by atomic mass is 19.2. The number of halogens is 2. The van der Waals surface area contributed by atoms with Gasteiger partial charge in [0.2, 0.25) is 0 Å². The zero-order valence-corrected chi connectivity index (χ0v) is 6.13. The zero-order chi connectivity index (χ0) is 8.72. The largest absolute Gasteiger partial charge is 0.348 e. The minimum atomic E-state index is -0.866. The van der Waals surface area contributed by atoms with Crippen LogP contribution in [0.15, 0.2) is 18.2 Å². The monoisotopic (exact) mass is 171 g/mol. The molecule has 64 valence electrons. The second kappa shape index (κ2) is 2.50. The van der Waals surface area contributed by atoms with E-state index in [1.165, 1.54) is 12.1 Å². The molecular formula is C8H7F2NO. The Morgan fingerprint density at radius 1 is 1.33 bits per heavy atom. The zero-order valence-electron chi connectivity index (χ0n) is 6.13. The average Bonchev–Trinajstić information content (AvgIpc) is 2.73. The lowest BCUT2D eigenvalue weighted by atomic mass is 10.1. The van der Waals surface area contributed by atoms with Gasteiger partial charge in [-0.25, -0.2) is 8.78 Å². The number of hydrogen-bond donors (Lipinski definition) is 1. The third-order valence-electron chi connectivity index (χ3n) is 1.81. The van der Waals surface area contributed by atoms with Gasteiger partial charge >= 0.3 is 0 Å². The van der Waals surface area contributed by atoms with Crippen molar-refractivity contribution in [2.24, 2.45) is 5.73 Å². The lowest BCUT2D eigenvalue weighted by Crippen LogP contribution is -2.03. The molecule has 12 heavy (non-hydrogen) atoms. The maximum absolute atomic E-state index is 13.0. The first-order valence-corrected chi connectivity index (χ1v) is 3.55. The van der Waals surface area contributed by atoms with E-state index in [1.807, 2.05) is 0 Å². The minimum absolute atomic E-state index is 0.197. The molecule has 1 saturated heterocycles. The van der Waals surface area contributed by atoms with Crippen LogP contribution in [0.5, 0.6) is 0 Å².